The number of anilines is 2. The standard InChI is InChI=1S/C14H10F2N2/c1-9-2-4-11(6-13(9)15)18-12-5-3-10(8-17)14(16)7-12/h2-7,18H,1H3. The van der Waals surface area contributed by atoms with E-state index in [0.29, 0.717) is 16.9 Å². The molecule has 2 nitrogen and oxygen atoms in total. The third kappa shape index (κ3) is 2.46. The zero-order valence-electron chi connectivity index (χ0n) is 9.67. The number of nitrogens with one attached hydrogen (secondary N) is 1. The summed E-state index contributed by atoms with van der Waals surface area (Å²) in [7, 11) is 0. The summed E-state index contributed by atoms with van der Waals surface area (Å²) in [5, 5.41) is 11.5. The average molecular weight is 244 g/mol. The maximum Gasteiger partial charge on any atom is 0.143 e. The zero-order chi connectivity index (χ0) is 13.1. The van der Waals surface area contributed by atoms with Crippen LogP contribution >= 0.6 is 0 Å². The summed E-state index contributed by atoms with van der Waals surface area (Å²) >= 11 is 0. The van der Waals surface area contributed by atoms with Crippen molar-refractivity contribution in [1.82, 2.24) is 0 Å². The summed E-state index contributed by atoms with van der Waals surface area (Å²) in [6, 6.07) is 10.6. The fourth-order valence-electron chi connectivity index (χ4n) is 1.52. The van der Waals surface area contributed by atoms with Crippen LogP contribution in [0.3, 0.4) is 0 Å². The van der Waals surface area contributed by atoms with Crippen LogP contribution in [0, 0.1) is 29.9 Å². The molecule has 2 aromatic rings. The van der Waals surface area contributed by atoms with Crippen LogP contribution in [0.1, 0.15) is 11.1 Å². The number of aryl methyl sites for hydroxylation is 1. The van der Waals surface area contributed by atoms with Crippen molar-refractivity contribution in [3.63, 3.8) is 0 Å². The molecule has 0 fully saturated rings. The second kappa shape index (κ2) is 4.84. The first kappa shape index (κ1) is 12.1. The van der Waals surface area contributed by atoms with Crippen LogP contribution in [0.2, 0.25) is 0 Å². The van der Waals surface area contributed by atoms with Gasteiger partial charge in [0.05, 0.1) is 5.56 Å². The monoisotopic (exact) mass is 244 g/mol. The summed E-state index contributed by atoms with van der Waals surface area (Å²) in [6.07, 6.45) is 0. The Balaban J connectivity index is 2.26. The molecule has 0 aliphatic heterocycles. The van der Waals surface area contributed by atoms with Gasteiger partial charge in [-0.2, -0.15) is 5.26 Å². The Labute approximate surface area is 103 Å². The van der Waals surface area contributed by atoms with Gasteiger partial charge in [-0.1, -0.05) is 6.07 Å². The number of hydrogen-bond donors (Lipinski definition) is 1. The van der Waals surface area contributed by atoms with Crippen molar-refractivity contribution in [2.45, 2.75) is 6.92 Å². The van der Waals surface area contributed by atoms with E-state index in [1.54, 1.807) is 31.2 Å². The first-order valence-corrected chi connectivity index (χ1v) is 5.33. The van der Waals surface area contributed by atoms with E-state index < -0.39 is 5.82 Å². The molecule has 0 saturated carbocycles. The molecule has 18 heavy (non-hydrogen) atoms. The van der Waals surface area contributed by atoms with E-state index in [2.05, 4.69) is 5.32 Å². The Kier molecular flexibility index (Phi) is 3.24. The van der Waals surface area contributed by atoms with E-state index in [1.807, 2.05) is 0 Å². The van der Waals surface area contributed by atoms with Gasteiger partial charge in [0.15, 0.2) is 0 Å². The highest BCUT2D eigenvalue weighted by Gasteiger charge is 2.04. The van der Waals surface area contributed by atoms with E-state index >= 15 is 0 Å². The van der Waals surface area contributed by atoms with Gasteiger partial charge in [0.2, 0.25) is 0 Å². The normalized spacial score (nSPS) is 9.89. The van der Waals surface area contributed by atoms with E-state index in [4.69, 9.17) is 5.26 Å². The number of halogens is 2. The lowest BCUT2D eigenvalue weighted by Crippen LogP contribution is -1.94. The van der Waals surface area contributed by atoms with Crippen molar-refractivity contribution in [2.75, 3.05) is 5.32 Å². The average Bonchev–Trinajstić information content (AvgIpc) is 2.34. The van der Waals surface area contributed by atoms with Gasteiger partial charge in [0.25, 0.3) is 0 Å². The third-order valence-electron chi connectivity index (χ3n) is 2.55. The Hall–Kier alpha value is -2.41. The van der Waals surface area contributed by atoms with E-state index in [0.717, 1.165) is 0 Å². The largest absolute Gasteiger partial charge is 0.355 e. The molecule has 1 N–H and O–H groups in total. The number of benzene rings is 2. The molecule has 2 aromatic carbocycles. The van der Waals surface area contributed by atoms with Crippen LogP contribution in [-0.4, -0.2) is 0 Å². The van der Waals surface area contributed by atoms with Gasteiger partial charge in [-0.05, 0) is 42.8 Å². The van der Waals surface area contributed by atoms with Crippen LogP contribution < -0.4 is 5.32 Å². The minimum Gasteiger partial charge on any atom is -0.355 e. The van der Waals surface area contributed by atoms with Gasteiger partial charge in [0.1, 0.15) is 17.7 Å². The summed E-state index contributed by atoms with van der Waals surface area (Å²) in [4.78, 5) is 0. The van der Waals surface area contributed by atoms with Crippen molar-refractivity contribution in [3.8, 4) is 6.07 Å². The lowest BCUT2D eigenvalue weighted by molar-refractivity contribution is 0.619. The van der Waals surface area contributed by atoms with Gasteiger partial charge >= 0.3 is 0 Å². The summed E-state index contributed by atoms with van der Waals surface area (Å²) < 4.78 is 26.7. The second-order valence-corrected chi connectivity index (χ2v) is 3.90. The summed E-state index contributed by atoms with van der Waals surface area (Å²) in [5.41, 5.74) is 1.53. The van der Waals surface area contributed by atoms with E-state index in [1.165, 1.54) is 18.2 Å². The molecule has 0 aliphatic rings. The molecule has 4 heteroatoms. The fourth-order valence-corrected chi connectivity index (χ4v) is 1.52. The van der Waals surface area contributed by atoms with Crippen LogP contribution in [0.4, 0.5) is 20.2 Å². The second-order valence-electron chi connectivity index (χ2n) is 3.90. The SMILES string of the molecule is Cc1ccc(Nc2ccc(C#N)c(F)c2)cc1F. The molecule has 0 aliphatic carbocycles. The van der Waals surface area contributed by atoms with Crippen LogP contribution in [0.15, 0.2) is 36.4 Å². The predicted octanol–water partition coefficient (Wildman–Crippen LogP) is 3.89. The van der Waals surface area contributed by atoms with E-state index in [-0.39, 0.29) is 11.4 Å². The van der Waals surface area contributed by atoms with E-state index in [9.17, 15) is 8.78 Å². The zero-order valence-corrected chi connectivity index (χ0v) is 9.67. The van der Waals surface area contributed by atoms with Crippen molar-refractivity contribution >= 4 is 11.4 Å². The van der Waals surface area contributed by atoms with Crippen LogP contribution in [0.25, 0.3) is 0 Å². The molecule has 2 rings (SSSR count). The Morgan fingerprint density at radius 1 is 1.00 bits per heavy atom. The number of hydrogen-bond acceptors (Lipinski definition) is 2. The minimum absolute atomic E-state index is 0.0179. The first-order chi connectivity index (χ1) is 8.60. The number of nitriles is 1. The van der Waals surface area contributed by atoms with Crippen molar-refractivity contribution in [2.24, 2.45) is 0 Å². The highest BCUT2D eigenvalue weighted by Crippen LogP contribution is 2.21. The molecule has 0 atom stereocenters. The van der Waals surface area contributed by atoms with Crippen molar-refractivity contribution in [1.29, 1.82) is 5.26 Å². The molecule has 0 bridgehead atoms. The van der Waals surface area contributed by atoms with Crippen molar-refractivity contribution < 1.29 is 8.78 Å². The Morgan fingerprint density at radius 3 is 2.17 bits per heavy atom. The minimum atomic E-state index is -0.602. The highest BCUT2D eigenvalue weighted by atomic mass is 19.1. The quantitative estimate of drug-likeness (QED) is 0.869. The van der Waals surface area contributed by atoms with Crippen LogP contribution in [-0.2, 0) is 0 Å². The van der Waals surface area contributed by atoms with Crippen LogP contribution in [0.5, 0.6) is 0 Å². The maximum absolute atomic E-state index is 13.4. The number of nitrogens with zero attached hydrogens (tertiary/aromatic N) is 1. The smallest absolute Gasteiger partial charge is 0.143 e. The van der Waals surface area contributed by atoms with Gasteiger partial charge in [-0.15, -0.1) is 0 Å². The summed E-state index contributed by atoms with van der Waals surface area (Å²) in [5.74, 6) is -0.927. The third-order valence-corrected chi connectivity index (χ3v) is 2.55. The molecule has 0 heterocycles. The highest BCUT2D eigenvalue weighted by molar-refractivity contribution is 5.61. The molecule has 0 radical (unpaired) electrons. The van der Waals surface area contributed by atoms with Gasteiger partial charge in [-0.25, -0.2) is 8.78 Å². The lowest BCUT2D eigenvalue weighted by atomic mass is 10.2. The predicted molar refractivity (Wildman–Crippen MR) is 65.5 cm³/mol. The molecular formula is C14H10F2N2. The first-order valence-electron chi connectivity index (χ1n) is 5.33. The van der Waals surface area contributed by atoms with Crippen molar-refractivity contribution in [3.05, 3.63) is 59.2 Å². The molecule has 90 valence electrons. The Morgan fingerprint density at radius 2 is 1.61 bits per heavy atom. The molecule has 0 unspecified atom stereocenters. The molecule has 0 aromatic heterocycles. The Bertz CT molecular complexity index is 630. The topological polar surface area (TPSA) is 35.8 Å². The number of rotatable bonds is 2. The van der Waals surface area contributed by atoms with Gasteiger partial charge in [-0.3, -0.25) is 0 Å². The lowest BCUT2D eigenvalue weighted by Gasteiger charge is -2.08. The van der Waals surface area contributed by atoms with Gasteiger partial charge in [0, 0.05) is 11.4 Å². The summed E-state index contributed by atoms with van der Waals surface area (Å²) in [6.45, 7) is 1.67. The molecule has 0 spiro atoms. The van der Waals surface area contributed by atoms with Gasteiger partial charge < -0.3 is 5.32 Å². The molecule has 0 saturated heterocycles. The fraction of sp³-hybridized carbons (Fsp3) is 0.0714. The maximum atomic E-state index is 13.4. The molecule has 0 amide bonds. The molecular weight excluding hydrogens is 234 g/mol.